The zero-order valence-electron chi connectivity index (χ0n) is 10.6. The first-order chi connectivity index (χ1) is 9.55. The van der Waals surface area contributed by atoms with Gasteiger partial charge in [-0.25, -0.2) is 8.78 Å². The van der Waals surface area contributed by atoms with Crippen LogP contribution in [0.1, 0.15) is 16.7 Å². The molecule has 0 aliphatic carbocycles. The molecule has 0 atom stereocenters. The summed E-state index contributed by atoms with van der Waals surface area (Å²) in [6, 6.07) is 8.87. The fraction of sp³-hybridized carbons (Fsp3) is 0.133. The van der Waals surface area contributed by atoms with Gasteiger partial charge in [-0.2, -0.15) is 5.26 Å². The quantitative estimate of drug-likeness (QED) is 0.770. The Labute approximate surface area is 120 Å². The van der Waals surface area contributed by atoms with E-state index in [9.17, 15) is 8.78 Å². The fourth-order valence-electron chi connectivity index (χ4n) is 1.68. The van der Waals surface area contributed by atoms with Crippen LogP contribution in [0, 0.1) is 29.9 Å². The van der Waals surface area contributed by atoms with Gasteiger partial charge in [-0.15, -0.1) is 11.6 Å². The number of halogens is 3. The van der Waals surface area contributed by atoms with Gasteiger partial charge in [0, 0.05) is 5.88 Å². The lowest BCUT2D eigenvalue weighted by Gasteiger charge is -2.11. The van der Waals surface area contributed by atoms with Gasteiger partial charge in [-0.3, -0.25) is 0 Å². The Morgan fingerprint density at radius 3 is 2.40 bits per heavy atom. The van der Waals surface area contributed by atoms with Crippen molar-refractivity contribution in [2.75, 3.05) is 0 Å². The molecule has 2 aromatic carbocycles. The molecule has 2 aromatic rings. The first-order valence-electron chi connectivity index (χ1n) is 5.77. The van der Waals surface area contributed by atoms with Crippen molar-refractivity contribution in [3.63, 3.8) is 0 Å². The molecule has 0 heterocycles. The second-order valence-corrected chi connectivity index (χ2v) is 4.48. The van der Waals surface area contributed by atoms with E-state index >= 15 is 0 Å². The summed E-state index contributed by atoms with van der Waals surface area (Å²) in [6.45, 7) is 1.72. The largest absolute Gasteiger partial charge is 0.451 e. The van der Waals surface area contributed by atoms with Crippen molar-refractivity contribution >= 4 is 11.6 Å². The Morgan fingerprint density at radius 1 is 1.20 bits per heavy atom. The first-order valence-corrected chi connectivity index (χ1v) is 6.31. The molecule has 0 unspecified atom stereocenters. The second-order valence-electron chi connectivity index (χ2n) is 4.22. The van der Waals surface area contributed by atoms with Gasteiger partial charge in [0.2, 0.25) is 0 Å². The van der Waals surface area contributed by atoms with Crippen molar-refractivity contribution < 1.29 is 13.5 Å². The van der Waals surface area contributed by atoms with Crippen LogP contribution in [0.4, 0.5) is 8.78 Å². The Morgan fingerprint density at radius 2 is 1.85 bits per heavy atom. The minimum atomic E-state index is -0.831. The molecule has 0 bridgehead atoms. The number of aryl methyl sites for hydroxylation is 1. The van der Waals surface area contributed by atoms with E-state index < -0.39 is 17.4 Å². The van der Waals surface area contributed by atoms with Gasteiger partial charge >= 0.3 is 0 Å². The van der Waals surface area contributed by atoms with Gasteiger partial charge in [-0.1, -0.05) is 6.07 Å². The number of ether oxygens (including phenoxy) is 1. The lowest BCUT2D eigenvalue weighted by Crippen LogP contribution is -1.96. The summed E-state index contributed by atoms with van der Waals surface area (Å²) in [5.41, 5.74) is 1.35. The molecule has 20 heavy (non-hydrogen) atoms. The summed E-state index contributed by atoms with van der Waals surface area (Å²) in [5, 5.41) is 8.83. The summed E-state index contributed by atoms with van der Waals surface area (Å²) in [7, 11) is 0. The topological polar surface area (TPSA) is 33.0 Å². The summed E-state index contributed by atoms with van der Waals surface area (Å²) in [5.74, 6) is -1.92. The SMILES string of the molecule is Cc1ccc(C#N)cc1Oc1c(F)cc(CCl)cc1F. The van der Waals surface area contributed by atoms with Crippen LogP contribution >= 0.6 is 11.6 Å². The lowest BCUT2D eigenvalue weighted by atomic mass is 10.1. The highest BCUT2D eigenvalue weighted by atomic mass is 35.5. The Balaban J connectivity index is 2.43. The van der Waals surface area contributed by atoms with Gasteiger partial charge in [0.05, 0.1) is 11.6 Å². The Kier molecular flexibility index (Phi) is 4.21. The summed E-state index contributed by atoms with van der Waals surface area (Å²) < 4.78 is 32.9. The van der Waals surface area contributed by atoms with Gasteiger partial charge in [-0.05, 0) is 42.3 Å². The van der Waals surface area contributed by atoms with Crippen molar-refractivity contribution in [1.29, 1.82) is 5.26 Å². The molecule has 0 aliphatic rings. The summed E-state index contributed by atoms with van der Waals surface area (Å²) >= 11 is 5.54. The van der Waals surface area contributed by atoms with E-state index in [1.54, 1.807) is 19.1 Å². The maximum absolute atomic E-state index is 13.8. The fourth-order valence-corrected chi connectivity index (χ4v) is 1.83. The van der Waals surface area contributed by atoms with E-state index in [4.69, 9.17) is 21.6 Å². The number of rotatable bonds is 3. The van der Waals surface area contributed by atoms with Crippen molar-refractivity contribution in [3.8, 4) is 17.6 Å². The standard InChI is InChI=1S/C15H10ClF2NO/c1-9-2-3-10(8-19)6-14(9)20-15-12(17)4-11(7-16)5-13(15)18/h2-6H,7H2,1H3. The summed E-state index contributed by atoms with van der Waals surface area (Å²) in [6.07, 6.45) is 0. The Hall–Kier alpha value is -2.12. The third-order valence-electron chi connectivity index (χ3n) is 2.74. The molecule has 2 nitrogen and oxygen atoms in total. The predicted octanol–water partition coefficient (Wildman–Crippen LogP) is 4.68. The minimum Gasteiger partial charge on any atom is -0.451 e. The number of hydrogen-bond acceptors (Lipinski definition) is 2. The molecule has 0 spiro atoms. The van der Waals surface area contributed by atoms with Crippen LogP contribution in [0.3, 0.4) is 0 Å². The van der Waals surface area contributed by atoms with Crippen LogP contribution < -0.4 is 4.74 Å². The normalized spacial score (nSPS) is 10.2. The number of benzene rings is 2. The molecule has 102 valence electrons. The van der Waals surface area contributed by atoms with Gasteiger partial charge in [0.15, 0.2) is 17.4 Å². The smallest absolute Gasteiger partial charge is 0.198 e. The second kappa shape index (κ2) is 5.89. The van der Waals surface area contributed by atoms with E-state index in [-0.39, 0.29) is 11.6 Å². The van der Waals surface area contributed by atoms with Gasteiger partial charge < -0.3 is 4.74 Å². The van der Waals surface area contributed by atoms with E-state index in [1.165, 1.54) is 6.07 Å². The number of nitriles is 1. The van der Waals surface area contributed by atoms with E-state index in [0.29, 0.717) is 16.7 Å². The third-order valence-corrected chi connectivity index (χ3v) is 3.05. The number of hydrogen-bond donors (Lipinski definition) is 0. The first kappa shape index (κ1) is 14.3. The van der Waals surface area contributed by atoms with Crippen molar-refractivity contribution in [3.05, 3.63) is 58.7 Å². The molecule has 0 saturated heterocycles. The number of alkyl halides is 1. The number of nitrogens with zero attached hydrogens (tertiary/aromatic N) is 1. The van der Waals surface area contributed by atoms with Crippen LogP contribution in [0.25, 0.3) is 0 Å². The molecule has 0 amide bonds. The monoisotopic (exact) mass is 293 g/mol. The van der Waals surface area contributed by atoms with Crippen LogP contribution in [0.5, 0.6) is 11.5 Å². The van der Waals surface area contributed by atoms with Crippen molar-refractivity contribution in [2.24, 2.45) is 0 Å². The third kappa shape index (κ3) is 2.89. The van der Waals surface area contributed by atoms with Crippen molar-refractivity contribution in [2.45, 2.75) is 12.8 Å². The highest BCUT2D eigenvalue weighted by molar-refractivity contribution is 6.17. The van der Waals surface area contributed by atoms with Crippen LogP contribution in [0.15, 0.2) is 30.3 Å². The summed E-state index contributed by atoms with van der Waals surface area (Å²) in [4.78, 5) is 0. The lowest BCUT2D eigenvalue weighted by molar-refractivity contribution is 0.404. The van der Waals surface area contributed by atoms with Crippen LogP contribution in [0.2, 0.25) is 0 Å². The molecule has 2 rings (SSSR count). The molecule has 0 fully saturated rings. The van der Waals surface area contributed by atoms with E-state index in [1.807, 2.05) is 6.07 Å². The zero-order valence-corrected chi connectivity index (χ0v) is 11.3. The van der Waals surface area contributed by atoms with E-state index in [2.05, 4.69) is 0 Å². The van der Waals surface area contributed by atoms with Gasteiger partial charge in [0.1, 0.15) is 5.75 Å². The highest BCUT2D eigenvalue weighted by Gasteiger charge is 2.14. The van der Waals surface area contributed by atoms with E-state index in [0.717, 1.165) is 12.1 Å². The molecule has 5 heteroatoms. The molecular weight excluding hydrogens is 284 g/mol. The van der Waals surface area contributed by atoms with Crippen LogP contribution in [-0.2, 0) is 5.88 Å². The molecule has 0 N–H and O–H groups in total. The molecule has 0 aliphatic heterocycles. The average Bonchev–Trinajstić information content (AvgIpc) is 2.44. The molecular formula is C15H10ClF2NO. The molecule has 0 saturated carbocycles. The maximum Gasteiger partial charge on any atom is 0.198 e. The highest BCUT2D eigenvalue weighted by Crippen LogP contribution is 2.31. The Bertz CT molecular complexity index is 672. The average molecular weight is 294 g/mol. The predicted molar refractivity (Wildman–Crippen MR) is 71.9 cm³/mol. The molecule has 0 aromatic heterocycles. The van der Waals surface area contributed by atoms with Gasteiger partial charge in [0.25, 0.3) is 0 Å². The zero-order chi connectivity index (χ0) is 14.7. The van der Waals surface area contributed by atoms with Crippen LogP contribution in [-0.4, -0.2) is 0 Å². The van der Waals surface area contributed by atoms with Crippen molar-refractivity contribution in [1.82, 2.24) is 0 Å². The minimum absolute atomic E-state index is 0.0110. The maximum atomic E-state index is 13.8. The molecule has 0 radical (unpaired) electrons.